The van der Waals surface area contributed by atoms with Crippen molar-refractivity contribution in [3.8, 4) is 22.4 Å². The number of likely N-dealkylation sites (N-methyl/N-ethyl adjacent to an activating group) is 1. The van der Waals surface area contributed by atoms with Gasteiger partial charge in [0.2, 0.25) is 0 Å². The second kappa shape index (κ2) is 7.96. The van der Waals surface area contributed by atoms with Crippen molar-refractivity contribution >= 4 is 22.9 Å². The average molecular weight is 474 g/mol. The molecule has 0 spiro atoms. The van der Waals surface area contributed by atoms with Gasteiger partial charge in [-0.05, 0) is 42.5 Å². The maximum atomic E-state index is 6.57. The minimum atomic E-state index is -0.174. The molecule has 1 aliphatic heterocycles. The van der Waals surface area contributed by atoms with Gasteiger partial charge < -0.3 is 10.6 Å². The minimum absolute atomic E-state index is 0.0247. The summed E-state index contributed by atoms with van der Waals surface area (Å²) in [5.74, 6) is 0.847. The third kappa shape index (κ3) is 3.31. The van der Waals surface area contributed by atoms with Gasteiger partial charge in [-0.25, -0.2) is 4.98 Å². The summed E-state index contributed by atoms with van der Waals surface area (Å²) in [5.41, 5.74) is 13.5. The van der Waals surface area contributed by atoms with E-state index in [2.05, 4.69) is 74.7 Å². The molecule has 0 bridgehead atoms. The summed E-state index contributed by atoms with van der Waals surface area (Å²) in [5, 5.41) is 10.1. The Bertz CT molecular complexity index is 1620. The van der Waals surface area contributed by atoms with Gasteiger partial charge >= 0.3 is 0 Å². The molecule has 0 radical (unpaired) electrons. The number of nitrogens with two attached hydrogens (primary N) is 1. The number of fused-ring (bicyclic) bond motifs is 3. The predicted octanol–water partition coefficient (Wildman–Crippen LogP) is 4.96. The highest BCUT2D eigenvalue weighted by Crippen LogP contribution is 2.40. The van der Waals surface area contributed by atoms with Crippen molar-refractivity contribution in [2.24, 2.45) is 10.7 Å². The Morgan fingerprint density at radius 1 is 0.944 bits per heavy atom. The molecule has 5 aromatic rings. The van der Waals surface area contributed by atoms with Crippen LogP contribution in [0.5, 0.6) is 0 Å². The van der Waals surface area contributed by atoms with E-state index in [-0.39, 0.29) is 11.6 Å². The molecule has 2 N–H and O–H groups in total. The van der Waals surface area contributed by atoms with Crippen LogP contribution < -0.4 is 5.73 Å². The number of aliphatic imine (C=N–C) groups is 1. The van der Waals surface area contributed by atoms with E-state index >= 15 is 0 Å². The van der Waals surface area contributed by atoms with Gasteiger partial charge in [0.25, 0.3) is 0 Å². The third-order valence-corrected chi connectivity index (χ3v) is 7.66. The van der Waals surface area contributed by atoms with Crippen molar-refractivity contribution < 1.29 is 0 Å². The zero-order chi connectivity index (χ0) is 24.3. The van der Waals surface area contributed by atoms with Gasteiger partial charge in [-0.3, -0.25) is 9.39 Å². The van der Waals surface area contributed by atoms with Crippen molar-refractivity contribution in [1.82, 2.24) is 24.5 Å². The quantitative estimate of drug-likeness (QED) is 0.399. The summed E-state index contributed by atoms with van der Waals surface area (Å²) in [4.78, 5) is 11.8. The summed E-state index contributed by atoms with van der Waals surface area (Å²) in [6.45, 7) is 0.797. The van der Waals surface area contributed by atoms with Crippen molar-refractivity contribution in [1.29, 1.82) is 0 Å². The fourth-order valence-electron chi connectivity index (χ4n) is 5.41. The van der Waals surface area contributed by atoms with E-state index in [9.17, 15) is 0 Å². The molecule has 7 nitrogen and oxygen atoms in total. The molecule has 1 aliphatic carbocycles. The molecular formula is C29H27N7. The van der Waals surface area contributed by atoms with E-state index < -0.39 is 0 Å². The normalized spacial score (nSPS) is 18.7. The number of hydrogen-bond acceptors (Lipinski definition) is 6. The molecule has 1 saturated carbocycles. The average Bonchev–Trinajstić information content (AvgIpc) is 3.53. The smallest absolute Gasteiger partial charge is 0.170 e. The molecule has 36 heavy (non-hydrogen) atoms. The van der Waals surface area contributed by atoms with Gasteiger partial charge in [0.05, 0.1) is 17.5 Å². The Hall–Kier alpha value is -4.10. The van der Waals surface area contributed by atoms with E-state index in [0.717, 1.165) is 64.1 Å². The zero-order valence-electron chi connectivity index (χ0n) is 20.2. The standard InChI is InChI=1S/C29H27N7/c1-35-17-25(31-18-35)28-34-33-27-23-16-22(19-6-3-2-4-7-19)26(32-24(23)12-15-36(27)28)20-8-10-21(11-9-20)29(30)13-5-14-29/h2-4,6-12,15-16,18,25H,5,13-14,17,30H2,1H3. The number of rotatable bonds is 4. The summed E-state index contributed by atoms with van der Waals surface area (Å²) < 4.78 is 2.05. The Labute approximate surface area is 209 Å². The topological polar surface area (TPSA) is 84.7 Å². The molecule has 1 fully saturated rings. The molecular weight excluding hydrogens is 446 g/mol. The van der Waals surface area contributed by atoms with Crippen LogP contribution >= 0.6 is 0 Å². The largest absolute Gasteiger partial charge is 0.363 e. The van der Waals surface area contributed by atoms with Crippen LogP contribution in [0, 0.1) is 0 Å². The highest BCUT2D eigenvalue weighted by atomic mass is 15.3. The monoisotopic (exact) mass is 473 g/mol. The van der Waals surface area contributed by atoms with Crippen LogP contribution in [0.2, 0.25) is 0 Å². The van der Waals surface area contributed by atoms with Crippen molar-refractivity contribution in [3.63, 3.8) is 0 Å². The van der Waals surface area contributed by atoms with Crippen LogP contribution in [0.15, 0.2) is 77.9 Å². The van der Waals surface area contributed by atoms with E-state index in [0.29, 0.717) is 0 Å². The SMILES string of the molecule is CN1C=NC(c2nnc3c4cc(-c5ccccc5)c(-c5ccc(C6(N)CCC6)cc5)nc4ccn23)C1. The maximum Gasteiger partial charge on any atom is 0.170 e. The first-order valence-corrected chi connectivity index (χ1v) is 12.5. The lowest BCUT2D eigenvalue weighted by atomic mass is 9.72. The first-order valence-electron chi connectivity index (χ1n) is 12.5. The van der Waals surface area contributed by atoms with E-state index in [1.165, 1.54) is 12.0 Å². The summed E-state index contributed by atoms with van der Waals surface area (Å²) in [6, 6.07) is 23.3. The van der Waals surface area contributed by atoms with Gasteiger partial charge in [0.15, 0.2) is 11.5 Å². The molecule has 0 amide bonds. The fraction of sp³-hybridized carbons (Fsp3) is 0.241. The van der Waals surface area contributed by atoms with Crippen LogP contribution in [0.1, 0.15) is 36.7 Å². The Morgan fingerprint density at radius 2 is 1.75 bits per heavy atom. The molecule has 2 aromatic carbocycles. The maximum absolute atomic E-state index is 6.57. The first-order chi connectivity index (χ1) is 17.6. The Kier molecular flexibility index (Phi) is 4.69. The lowest BCUT2D eigenvalue weighted by molar-refractivity contribution is 0.253. The molecule has 1 atom stereocenters. The van der Waals surface area contributed by atoms with Gasteiger partial charge in [0.1, 0.15) is 6.04 Å². The molecule has 2 aliphatic rings. The summed E-state index contributed by atoms with van der Waals surface area (Å²) in [7, 11) is 2.02. The van der Waals surface area contributed by atoms with Gasteiger partial charge in [0, 0.05) is 41.8 Å². The Balaban J connectivity index is 1.40. The second-order valence-electron chi connectivity index (χ2n) is 10.1. The minimum Gasteiger partial charge on any atom is -0.363 e. The predicted molar refractivity (Wildman–Crippen MR) is 143 cm³/mol. The number of hydrogen-bond donors (Lipinski definition) is 1. The molecule has 4 heterocycles. The van der Waals surface area contributed by atoms with E-state index in [1.54, 1.807) is 0 Å². The van der Waals surface area contributed by atoms with Crippen molar-refractivity contribution in [2.45, 2.75) is 30.8 Å². The molecule has 7 heteroatoms. The number of aromatic nitrogens is 4. The van der Waals surface area contributed by atoms with Crippen LogP contribution in [0.3, 0.4) is 0 Å². The van der Waals surface area contributed by atoms with Crippen LogP contribution in [0.25, 0.3) is 38.9 Å². The van der Waals surface area contributed by atoms with Crippen LogP contribution in [0.4, 0.5) is 0 Å². The first kappa shape index (κ1) is 21.2. The lowest BCUT2D eigenvalue weighted by Crippen LogP contribution is -2.43. The second-order valence-corrected chi connectivity index (χ2v) is 10.1. The highest BCUT2D eigenvalue weighted by molar-refractivity contribution is 5.98. The van der Waals surface area contributed by atoms with Gasteiger partial charge in [-0.15, -0.1) is 10.2 Å². The van der Waals surface area contributed by atoms with Crippen molar-refractivity contribution in [3.05, 3.63) is 84.3 Å². The van der Waals surface area contributed by atoms with Crippen LogP contribution in [-0.2, 0) is 5.54 Å². The number of pyridine rings is 2. The highest BCUT2D eigenvalue weighted by Gasteiger charge is 2.34. The van der Waals surface area contributed by atoms with Gasteiger partial charge in [-0.2, -0.15) is 0 Å². The molecule has 1 unspecified atom stereocenters. The third-order valence-electron chi connectivity index (χ3n) is 7.66. The summed E-state index contributed by atoms with van der Waals surface area (Å²) >= 11 is 0. The fourth-order valence-corrected chi connectivity index (χ4v) is 5.41. The van der Waals surface area contributed by atoms with Crippen molar-refractivity contribution in [2.75, 3.05) is 13.6 Å². The van der Waals surface area contributed by atoms with Crippen LogP contribution in [-0.4, -0.2) is 44.4 Å². The molecule has 7 rings (SSSR count). The molecule has 178 valence electrons. The molecule has 0 saturated heterocycles. The van der Waals surface area contributed by atoms with E-state index in [1.807, 2.05) is 36.1 Å². The zero-order valence-corrected chi connectivity index (χ0v) is 20.2. The van der Waals surface area contributed by atoms with E-state index in [4.69, 9.17) is 10.7 Å². The number of nitrogens with zero attached hydrogens (tertiary/aromatic N) is 6. The molecule has 3 aromatic heterocycles. The van der Waals surface area contributed by atoms with Gasteiger partial charge in [-0.1, -0.05) is 54.6 Å². The number of benzene rings is 2. The lowest BCUT2D eigenvalue weighted by Gasteiger charge is -2.38. The summed E-state index contributed by atoms with van der Waals surface area (Å²) in [6.07, 6.45) is 7.17. The Morgan fingerprint density at radius 3 is 2.44 bits per heavy atom.